The predicted octanol–water partition coefficient (Wildman–Crippen LogP) is -6.04. The molecule has 0 aliphatic rings. The van der Waals surface area contributed by atoms with E-state index in [0.29, 0.717) is 0 Å². The first-order chi connectivity index (χ1) is 18.5. The minimum absolute atomic E-state index is 0. The van der Waals surface area contributed by atoms with Gasteiger partial charge in [0, 0.05) is 72.7 Å². The fraction of sp³-hybridized carbons (Fsp3) is 0.762. The first kappa shape index (κ1) is 43.8. The third-order valence-corrected chi connectivity index (χ3v) is 5.00. The number of hydrogen-bond donors (Lipinski definition) is 11. The van der Waals surface area contributed by atoms with E-state index in [0.717, 1.165) is 9.80 Å². The van der Waals surface area contributed by atoms with Crippen LogP contribution in [0.3, 0.4) is 0 Å². The largest absolute Gasteiger partial charge is 0.480 e. The van der Waals surface area contributed by atoms with Gasteiger partial charge in [-0.25, -0.2) is 0 Å². The topological polar surface area (TPSA) is 309 Å². The third kappa shape index (κ3) is 24.6. The van der Waals surface area contributed by atoms with Crippen LogP contribution in [0.5, 0.6) is 0 Å². The summed E-state index contributed by atoms with van der Waals surface area (Å²) in [5.41, 5.74) is 0. The Bertz CT molecular complexity index is 722. The van der Waals surface area contributed by atoms with Crippen LogP contribution in [-0.4, -0.2) is 199 Å². The number of nitrogens with one attached hydrogen (secondary N) is 1. The van der Waals surface area contributed by atoms with E-state index >= 15 is 0 Å². The van der Waals surface area contributed by atoms with Gasteiger partial charge >= 0.3 is 29.8 Å². The summed E-state index contributed by atoms with van der Waals surface area (Å²) in [7, 11) is 1.57. The molecule has 19 nitrogen and oxygen atoms in total. The second kappa shape index (κ2) is 24.9. The summed E-state index contributed by atoms with van der Waals surface area (Å²) in [5, 5.41) is 91.6. The second-order valence-electron chi connectivity index (χ2n) is 8.52. The number of carbonyl (C=O) groups is 5. The molecular formula is C21H40GdN4O15. The molecule has 41 heavy (non-hydrogen) atoms. The fourth-order valence-electron chi connectivity index (χ4n) is 3.11. The number of carboxylic acids is 5. The van der Waals surface area contributed by atoms with Gasteiger partial charge < -0.3 is 56.4 Å². The van der Waals surface area contributed by atoms with E-state index in [2.05, 4.69) is 5.32 Å². The maximum atomic E-state index is 11.0. The molecule has 0 unspecified atom stereocenters. The van der Waals surface area contributed by atoms with Crippen LogP contribution in [0, 0.1) is 39.9 Å². The van der Waals surface area contributed by atoms with Crippen LogP contribution in [0.1, 0.15) is 0 Å². The van der Waals surface area contributed by atoms with Crippen LogP contribution in [0.15, 0.2) is 0 Å². The van der Waals surface area contributed by atoms with Crippen LogP contribution in [-0.2, 0) is 24.0 Å². The zero-order valence-electron chi connectivity index (χ0n) is 22.3. The monoisotopic (exact) mass is 746 g/mol. The van der Waals surface area contributed by atoms with Crippen LogP contribution >= 0.6 is 0 Å². The molecule has 242 valence electrons. The molecule has 0 spiro atoms. The van der Waals surface area contributed by atoms with Crippen LogP contribution in [0.4, 0.5) is 0 Å². The van der Waals surface area contributed by atoms with Gasteiger partial charge in [0.1, 0.15) is 18.3 Å². The summed E-state index contributed by atoms with van der Waals surface area (Å²) in [6.07, 6.45) is -5.65. The number of carboxylic acid groups (broad SMARTS) is 5. The number of nitrogens with zero attached hydrogens (tertiary/aromatic N) is 3. The number of aliphatic hydroxyl groups excluding tert-OH is 5. The Balaban J connectivity index is -0.000000869. The Kier molecular flexibility index (Phi) is 26.5. The predicted molar refractivity (Wildman–Crippen MR) is 133 cm³/mol. The Morgan fingerprint density at radius 3 is 1.10 bits per heavy atom. The normalized spacial score (nSPS) is 13.9. The van der Waals surface area contributed by atoms with Gasteiger partial charge in [0.15, 0.2) is 0 Å². The summed E-state index contributed by atoms with van der Waals surface area (Å²) < 4.78 is 0. The van der Waals surface area contributed by atoms with Crippen LogP contribution in [0.25, 0.3) is 0 Å². The molecule has 11 N–H and O–H groups in total. The van der Waals surface area contributed by atoms with E-state index in [1.807, 2.05) is 0 Å². The molecule has 0 saturated heterocycles. The average molecular weight is 746 g/mol. The van der Waals surface area contributed by atoms with Gasteiger partial charge in [-0.15, -0.1) is 0 Å². The van der Waals surface area contributed by atoms with Crippen molar-refractivity contribution in [3.05, 3.63) is 0 Å². The van der Waals surface area contributed by atoms with E-state index in [1.165, 1.54) is 4.90 Å². The van der Waals surface area contributed by atoms with Gasteiger partial charge in [0.05, 0.1) is 45.4 Å². The van der Waals surface area contributed by atoms with Crippen molar-refractivity contribution in [2.24, 2.45) is 0 Å². The van der Waals surface area contributed by atoms with Gasteiger partial charge in [0.2, 0.25) is 0 Å². The molecule has 0 saturated carbocycles. The summed E-state index contributed by atoms with van der Waals surface area (Å²) >= 11 is 0. The maximum absolute atomic E-state index is 11.0. The van der Waals surface area contributed by atoms with E-state index in [4.69, 9.17) is 46.0 Å². The molecule has 0 aromatic heterocycles. The van der Waals surface area contributed by atoms with Crippen LogP contribution < -0.4 is 5.32 Å². The molecule has 20 heteroatoms. The van der Waals surface area contributed by atoms with E-state index < -0.39 is 93.6 Å². The fourth-order valence-corrected chi connectivity index (χ4v) is 3.11. The molecule has 0 aliphatic carbocycles. The van der Waals surface area contributed by atoms with Crippen molar-refractivity contribution >= 4 is 29.8 Å². The Hall–Kier alpha value is -1.69. The molecule has 0 aromatic rings. The van der Waals surface area contributed by atoms with Gasteiger partial charge in [-0.3, -0.25) is 38.7 Å². The second-order valence-corrected chi connectivity index (χ2v) is 8.52. The molecule has 0 rings (SSSR count). The Labute approximate surface area is 267 Å². The molecule has 0 fully saturated rings. The Morgan fingerprint density at radius 2 is 0.829 bits per heavy atom. The summed E-state index contributed by atoms with van der Waals surface area (Å²) in [4.78, 5) is 57.6. The van der Waals surface area contributed by atoms with Crippen molar-refractivity contribution in [1.29, 1.82) is 0 Å². The van der Waals surface area contributed by atoms with Gasteiger partial charge in [-0.1, -0.05) is 0 Å². The van der Waals surface area contributed by atoms with Gasteiger partial charge in [-0.2, -0.15) is 0 Å². The summed E-state index contributed by atoms with van der Waals surface area (Å²) in [6.45, 7) is -3.30. The SMILES string of the molecule is CNC[C@H](O)[C@@H](O)[C@H](O)[C@H](O)CO.O=C(O)CN(CCN(CC(=O)O)CC(=O)O)CCN(CC(=O)O)CC(=O)O.[Gd]. The molecule has 0 aromatic carbocycles. The number of likely N-dealkylation sites (N-methyl/N-ethyl adjacent to an activating group) is 1. The van der Waals surface area contributed by atoms with E-state index in [-0.39, 0.29) is 72.7 Å². The smallest absolute Gasteiger partial charge is 0.317 e. The summed E-state index contributed by atoms with van der Waals surface area (Å²) in [6, 6.07) is 0. The number of aliphatic hydroxyl groups is 5. The Morgan fingerprint density at radius 1 is 0.561 bits per heavy atom. The molecule has 0 heterocycles. The van der Waals surface area contributed by atoms with Crippen molar-refractivity contribution in [2.75, 3.05) is 79.1 Å². The number of aliphatic carboxylic acids is 5. The molecular weight excluding hydrogens is 705 g/mol. The minimum Gasteiger partial charge on any atom is -0.480 e. The molecule has 0 radical (unpaired) electrons. The van der Waals surface area contributed by atoms with E-state index in [1.54, 1.807) is 7.05 Å². The zero-order chi connectivity index (χ0) is 31.4. The first-order valence-corrected chi connectivity index (χ1v) is 11.8. The average Bonchev–Trinajstić information content (AvgIpc) is 2.82. The summed E-state index contributed by atoms with van der Waals surface area (Å²) in [5.74, 6) is -6.16. The quantitative estimate of drug-likeness (QED) is 0.0491. The van der Waals surface area contributed by atoms with Crippen molar-refractivity contribution in [3.63, 3.8) is 0 Å². The molecule has 0 amide bonds. The molecule has 0 aliphatic heterocycles. The van der Waals surface area contributed by atoms with E-state index in [9.17, 15) is 29.1 Å². The van der Waals surface area contributed by atoms with Gasteiger partial charge in [-0.05, 0) is 7.05 Å². The van der Waals surface area contributed by atoms with Crippen molar-refractivity contribution < 1.29 is 115 Å². The molecule has 4 atom stereocenters. The van der Waals surface area contributed by atoms with Crippen molar-refractivity contribution in [2.45, 2.75) is 24.4 Å². The first-order valence-electron chi connectivity index (χ1n) is 11.8. The van der Waals surface area contributed by atoms with Gasteiger partial charge in [0.25, 0.3) is 0 Å². The zero-order valence-corrected chi connectivity index (χ0v) is 24.6. The third-order valence-electron chi connectivity index (χ3n) is 5.00. The van der Waals surface area contributed by atoms with Crippen LogP contribution in [0.2, 0.25) is 0 Å². The van der Waals surface area contributed by atoms with Crippen molar-refractivity contribution in [1.82, 2.24) is 20.0 Å². The molecule has 0 bridgehead atoms. The standard InChI is InChI=1S/C14H23N3O10.C7H17NO5.Gd/c18-10(19)5-15(1-3-16(6-11(20)21)7-12(22)23)2-4-17(8-13(24)25)9-14(26)27;1-8-2-4(10)6(12)7(13)5(11)3-9;/h1-9H2,(H,18,19)(H,20,21)(H,22,23)(H,24,25)(H,26,27);4-13H,2-3H2,1H3;/t;4-,5+,6+,7+;/m.0./s1. The maximum Gasteiger partial charge on any atom is 0.317 e. The van der Waals surface area contributed by atoms with Crippen molar-refractivity contribution in [3.8, 4) is 0 Å². The minimum atomic E-state index is -1.55. The number of hydrogen-bond acceptors (Lipinski definition) is 14. The number of rotatable bonds is 22.